The average Bonchev–Trinajstić information content (AvgIpc) is 2.96. The molecule has 2 heterocycles. The Hall–Kier alpha value is -2.06. The Morgan fingerprint density at radius 3 is 2.80 bits per heavy atom. The highest BCUT2D eigenvalue weighted by atomic mass is 19.4. The van der Waals surface area contributed by atoms with Gasteiger partial charge in [-0.2, -0.15) is 23.3 Å². The largest absolute Gasteiger partial charge is 0.408 e. The lowest BCUT2D eigenvalue weighted by atomic mass is 10.3. The Morgan fingerprint density at radius 1 is 1.45 bits per heavy atom. The minimum atomic E-state index is -4.29. The van der Waals surface area contributed by atoms with Crippen molar-refractivity contribution in [3.05, 3.63) is 24.0 Å². The molecule has 2 aromatic heterocycles. The number of anilines is 1. The van der Waals surface area contributed by atoms with Crippen LogP contribution in [-0.4, -0.2) is 26.1 Å². The molecule has 6 nitrogen and oxygen atoms in total. The Kier molecular flexibility index (Phi) is 3.96. The Morgan fingerprint density at radius 2 is 2.20 bits per heavy atom. The van der Waals surface area contributed by atoms with E-state index in [2.05, 4.69) is 20.6 Å². The fourth-order valence-electron chi connectivity index (χ4n) is 1.58. The minimum absolute atomic E-state index is 0.318. The first kappa shape index (κ1) is 14.4. The van der Waals surface area contributed by atoms with E-state index in [0.29, 0.717) is 24.0 Å². The van der Waals surface area contributed by atoms with Gasteiger partial charge < -0.3 is 9.84 Å². The van der Waals surface area contributed by atoms with Gasteiger partial charge in [-0.1, -0.05) is 12.1 Å². The predicted octanol–water partition coefficient (Wildman–Crippen LogP) is 2.56. The van der Waals surface area contributed by atoms with Crippen LogP contribution in [0.25, 0.3) is 0 Å². The SMILES string of the molecule is CCc1noc([C@@H](C)Nc2ccn(CC(F)(F)F)n2)n1. The van der Waals surface area contributed by atoms with E-state index in [0.717, 1.165) is 4.68 Å². The monoisotopic (exact) mass is 289 g/mol. The van der Waals surface area contributed by atoms with Crippen LogP contribution < -0.4 is 5.32 Å². The second-order valence-corrected chi connectivity index (χ2v) is 4.28. The van der Waals surface area contributed by atoms with Crippen LogP contribution in [-0.2, 0) is 13.0 Å². The van der Waals surface area contributed by atoms with Crippen LogP contribution in [0.15, 0.2) is 16.8 Å². The molecule has 0 radical (unpaired) electrons. The zero-order valence-electron chi connectivity index (χ0n) is 11.0. The maximum atomic E-state index is 12.2. The molecule has 1 N–H and O–H groups in total. The zero-order valence-corrected chi connectivity index (χ0v) is 11.0. The summed E-state index contributed by atoms with van der Waals surface area (Å²) in [5.74, 6) is 1.27. The maximum absolute atomic E-state index is 12.2. The van der Waals surface area contributed by atoms with Gasteiger partial charge in [0.25, 0.3) is 0 Å². The molecule has 110 valence electrons. The summed E-state index contributed by atoms with van der Waals surface area (Å²) >= 11 is 0. The summed E-state index contributed by atoms with van der Waals surface area (Å²) in [5.41, 5.74) is 0. The van der Waals surface area contributed by atoms with Crippen molar-refractivity contribution < 1.29 is 17.7 Å². The van der Waals surface area contributed by atoms with Crippen LogP contribution in [0.5, 0.6) is 0 Å². The smallest absolute Gasteiger partial charge is 0.357 e. The Balaban J connectivity index is 1.99. The fourth-order valence-corrected chi connectivity index (χ4v) is 1.58. The third kappa shape index (κ3) is 3.72. The maximum Gasteiger partial charge on any atom is 0.408 e. The van der Waals surface area contributed by atoms with Crippen LogP contribution in [0.2, 0.25) is 0 Å². The molecule has 0 aliphatic heterocycles. The molecule has 0 bridgehead atoms. The Labute approximate surface area is 113 Å². The summed E-state index contributed by atoms with van der Waals surface area (Å²) in [5, 5.41) is 10.4. The highest BCUT2D eigenvalue weighted by molar-refractivity contribution is 5.34. The topological polar surface area (TPSA) is 68.8 Å². The molecule has 20 heavy (non-hydrogen) atoms. The van der Waals surface area contributed by atoms with E-state index in [1.54, 1.807) is 6.92 Å². The van der Waals surface area contributed by atoms with Gasteiger partial charge in [-0.3, -0.25) is 4.68 Å². The molecule has 0 amide bonds. The van der Waals surface area contributed by atoms with Crippen molar-refractivity contribution in [2.24, 2.45) is 0 Å². The number of halogens is 3. The minimum Gasteiger partial charge on any atom is -0.357 e. The molecule has 0 saturated carbocycles. The first-order chi connectivity index (χ1) is 9.37. The average molecular weight is 289 g/mol. The number of nitrogens with one attached hydrogen (secondary N) is 1. The lowest BCUT2D eigenvalue weighted by molar-refractivity contribution is -0.142. The summed E-state index contributed by atoms with van der Waals surface area (Å²) in [6.45, 7) is 2.53. The van der Waals surface area contributed by atoms with Crippen LogP contribution in [0.1, 0.15) is 31.6 Å². The summed E-state index contributed by atoms with van der Waals surface area (Å²) in [4.78, 5) is 4.14. The summed E-state index contributed by atoms with van der Waals surface area (Å²) in [6.07, 6.45) is -2.39. The van der Waals surface area contributed by atoms with Gasteiger partial charge in [-0.15, -0.1) is 0 Å². The van der Waals surface area contributed by atoms with Crippen molar-refractivity contribution in [3.8, 4) is 0 Å². The van der Waals surface area contributed by atoms with Gasteiger partial charge >= 0.3 is 6.18 Å². The molecule has 0 aliphatic carbocycles. The van der Waals surface area contributed by atoms with E-state index in [1.165, 1.54) is 12.3 Å². The van der Waals surface area contributed by atoms with Crippen LogP contribution >= 0.6 is 0 Å². The van der Waals surface area contributed by atoms with Gasteiger partial charge in [0, 0.05) is 18.7 Å². The number of nitrogens with zero attached hydrogens (tertiary/aromatic N) is 4. The third-order valence-corrected chi connectivity index (χ3v) is 2.52. The summed E-state index contributed by atoms with van der Waals surface area (Å²) in [7, 11) is 0. The molecule has 0 spiro atoms. The molecule has 2 rings (SSSR count). The van der Waals surface area contributed by atoms with Gasteiger partial charge in [-0.25, -0.2) is 0 Å². The quantitative estimate of drug-likeness (QED) is 0.916. The normalized spacial score (nSPS) is 13.4. The van der Waals surface area contributed by atoms with Crippen molar-refractivity contribution in [3.63, 3.8) is 0 Å². The standard InChI is InChI=1S/C11H14F3N5O/c1-3-8-16-10(20-18-8)7(2)15-9-4-5-19(17-9)6-11(12,13)14/h4-5,7H,3,6H2,1-2H3,(H,15,17)/t7-/m1/s1. The number of rotatable bonds is 5. The van der Waals surface area contributed by atoms with Crippen molar-refractivity contribution >= 4 is 5.82 Å². The second kappa shape index (κ2) is 5.51. The van der Waals surface area contributed by atoms with E-state index in [1.807, 2.05) is 6.92 Å². The van der Waals surface area contributed by atoms with Crippen LogP contribution in [0.4, 0.5) is 19.0 Å². The molecule has 9 heteroatoms. The molecule has 0 aliphatic rings. The van der Waals surface area contributed by atoms with E-state index in [4.69, 9.17) is 4.52 Å². The lowest BCUT2D eigenvalue weighted by Crippen LogP contribution is -2.18. The first-order valence-electron chi connectivity index (χ1n) is 6.06. The van der Waals surface area contributed by atoms with Crippen molar-refractivity contribution in [1.82, 2.24) is 19.9 Å². The molecule has 1 atom stereocenters. The summed E-state index contributed by atoms with van der Waals surface area (Å²) < 4.78 is 42.5. The molecule has 0 unspecified atom stereocenters. The highest BCUT2D eigenvalue weighted by Gasteiger charge is 2.28. The van der Waals surface area contributed by atoms with Crippen molar-refractivity contribution in [2.75, 3.05) is 5.32 Å². The number of aromatic nitrogens is 4. The zero-order chi connectivity index (χ0) is 14.8. The molecule has 0 saturated heterocycles. The molecule has 0 aromatic carbocycles. The molecular weight excluding hydrogens is 275 g/mol. The van der Waals surface area contributed by atoms with Crippen molar-refractivity contribution in [2.45, 2.75) is 39.0 Å². The van der Waals surface area contributed by atoms with Gasteiger partial charge in [0.05, 0.1) is 0 Å². The number of hydrogen-bond donors (Lipinski definition) is 1. The van der Waals surface area contributed by atoms with E-state index in [-0.39, 0.29) is 6.04 Å². The number of alkyl halides is 3. The third-order valence-electron chi connectivity index (χ3n) is 2.52. The van der Waals surface area contributed by atoms with Gasteiger partial charge in [0.2, 0.25) is 5.89 Å². The second-order valence-electron chi connectivity index (χ2n) is 4.28. The number of hydrogen-bond acceptors (Lipinski definition) is 5. The molecule has 2 aromatic rings. The molecule has 0 fully saturated rings. The molecular formula is C11H14F3N5O. The summed E-state index contributed by atoms with van der Waals surface area (Å²) in [6, 6.07) is 1.12. The van der Waals surface area contributed by atoms with Crippen molar-refractivity contribution in [1.29, 1.82) is 0 Å². The van der Waals surface area contributed by atoms with E-state index in [9.17, 15) is 13.2 Å². The van der Waals surface area contributed by atoms with Gasteiger partial charge in [0.15, 0.2) is 5.82 Å². The predicted molar refractivity (Wildman–Crippen MR) is 64.0 cm³/mol. The van der Waals surface area contributed by atoms with Crippen LogP contribution in [0.3, 0.4) is 0 Å². The van der Waals surface area contributed by atoms with E-state index >= 15 is 0 Å². The van der Waals surface area contributed by atoms with Crippen LogP contribution in [0, 0.1) is 0 Å². The number of aryl methyl sites for hydroxylation is 1. The lowest BCUT2D eigenvalue weighted by Gasteiger charge is -2.08. The van der Waals surface area contributed by atoms with Gasteiger partial charge in [0.1, 0.15) is 18.4 Å². The fraction of sp³-hybridized carbons (Fsp3) is 0.545. The highest BCUT2D eigenvalue weighted by Crippen LogP contribution is 2.19. The van der Waals surface area contributed by atoms with Gasteiger partial charge in [-0.05, 0) is 6.92 Å². The Bertz CT molecular complexity index is 562. The van der Waals surface area contributed by atoms with E-state index < -0.39 is 12.7 Å². The first-order valence-corrected chi connectivity index (χ1v) is 6.06.